The third-order valence-electron chi connectivity index (χ3n) is 3.24. The van der Waals surface area contributed by atoms with Gasteiger partial charge in [0.15, 0.2) is 0 Å². The summed E-state index contributed by atoms with van der Waals surface area (Å²) in [4.78, 5) is 0. The molecular formula is C16H19BrClN. The molecule has 0 aliphatic carbocycles. The van der Waals surface area contributed by atoms with Crippen LogP contribution >= 0.6 is 11.6 Å². The lowest BCUT2D eigenvalue weighted by Crippen LogP contribution is -3.00. The summed E-state index contributed by atoms with van der Waals surface area (Å²) in [5, 5.41) is 0.720. The van der Waals surface area contributed by atoms with Gasteiger partial charge in [-0.1, -0.05) is 23.6 Å². The van der Waals surface area contributed by atoms with E-state index in [4.69, 9.17) is 18.0 Å². The predicted octanol–water partition coefficient (Wildman–Crippen LogP) is 0.185. The fraction of sp³-hybridized carbons (Fsp3) is 0.375. The van der Waals surface area contributed by atoms with Crippen molar-refractivity contribution in [2.45, 2.75) is 13.8 Å². The molecule has 102 valence electrons. The van der Waals surface area contributed by atoms with Gasteiger partial charge in [-0.3, -0.25) is 0 Å². The van der Waals surface area contributed by atoms with Gasteiger partial charge in [-0.15, -0.1) is 6.42 Å². The van der Waals surface area contributed by atoms with Gasteiger partial charge in [-0.05, 0) is 43.9 Å². The number of rotatable bonds is 4. The van der Waals surface area contributed by atoms with Gasteiger partial charge < -0.3 is 21.5 Å². The van der Waals surface area contributed by atoms with Gasteiger partial charge in [-0.2, -0.15) is 0 Å². The van der Waals surface area contributed by atoms with Crippen molar-refractivity contribution in [1.29, 1.82) is 0 Å². The van der Waals surface area contributed by atoms with Crippen LogP contribution in [-0.2, 0) is 0 Å². The second kappa shape index (κ2) is 9.05. The van der Waals surface area contributed by atoms with E-state index in [0.717, 1.165) is 41.2 Å². The third-order valence-corrected chi connectivity index (χ3v) is 3.48. The zero-order valence-corrected chi connectivity index (χ0v) is 13.8. The lowest BCUT2D eigenvalue weighted by molar-refractivity contribution is -0.911. The van der Waals surface area contributed by atoms with E-state index in [1.165, 1.54) is 0 Å². The molecule has 0 saturated carbocycles. The minimum Gasteiger partial charge on any atom is -1.00 e. The standard InChI is InChI=1S/C16H19ClN.BrH/c1-4-12-18(5-2,6-3)13-8-10-15-9-7-11-16(17)14-15;/h1,7,9,11,14H,5-6,12-13H2,2-3H3;1H/q+1;/p-1. The van der Waals surface area contributed by atoms with E-state index in [1.807, 2.05) is 24.3 Å². The molecule has 0 aromatic heterocycles. The van der Waals surface area contributed by atoms with Crippen LogP contribution in [0.25, 0.3) is 0 Å². The molecule has 3 heteroatoms. The molecule has 0 heterocycles. The summed E-state index contributed by atoms with van der Waals surface area (Å²) >= 11 is 5.92. The molecule has 0 aliphatic heterocycles. The quantitative estimate of drug-likeness (QED) is 0.542. The molecule has 0 unspecified atom stereocenters. The molecule has 1 aromatic rings. The summed E-state index contributed by atoms with van der Waals surface area (Å²) in [7, 11) is 0. The van der Waals surface area contributed by atoms with Crippen LogP contribution < -0.4 is 17.0 Å². The van der Waals surface area contributed by atoms with Crippen molar-refractivity contribution in [3.63, 3.8) is 0 Å². The van der Waals surface area contributed by atoms with Crippen molar-refractivity contribution >= 4 is 11.6 Å². The zero-order valence-electron chi connectivity index (χ0n) is 11.4. The molecule has 0 spiro atoms. The Morgan fingerprint density at radius 2 is 1.89 bits per heavy atom. The van der Waals surface area contributed by atoms with Crippen LogP contribution in [0.5, 0.6) is 0 Å². The summed E-state index contributed by atoms with van der Waals surface area (Å²) in [5.74, 6) is 9.13. The Morgan fingerprint density at radius 3 is 2.42 bits per heavy atom. The Labute approximate surface area is 132 Å². The minimum atomic E-state index is 0. The van der Waals surface area contributed by atoms with Crippen molar-refractivity contribution in [1.82, 2.24) is 0 Å². The number of hydrogen-bond acceptors (Lipinski definition) is 0. The van der Waals surface area contributed by atoms with Gasteiger partial charge in [0.1, 0.15) is 13.1 Å². The largest absolute Gasteiger partial charge is 1.00 e. The summed E-state index contributed by atoms with van der Waals surface area (Å²) in [6.45, 7) is 7.83. The Balaban J connectivity index is 0.00000324. The SMILES string of the molecule is C#CC[N+](CC)(CC)CC#Cc1cccc(Cl)c1.[Br-]. The maximum atomic E-state index is 5.92. The fourth-order valence-corrected chi connectivity index (χ4v) is 1.99. The molecule has 0 amide bonds. The highest BCUT2D eigenvalue weighted by molar-refractivity contribution is 6.30. The summed E-state index contributed by atoms with van der Waals surface area (Å²) in [5.41, 5.74) is 0.952. The first kappa shape index (κ1) is 18.1. The van der Waals surface area contributed by atoms with E-state index < -0.39 is 0 Å². The highest BCUT2D eigenvalue weighted by atomic mass is 79.9. The first-order valence-corrected chi connectivity index (χ1v) is 6.56. The molecule has 1 nitrogen and oxygen atoms in total. The zero-order chi connectivity index (χ0) is 13.4. The third kappa shape index (κ3) is 5.70. The van der Waals surface area contributed by atoms with Gasteiger partial charge >= 0.3 is 0 Å². The first-order chi connectivity index (χ1) is 8.65. The van der Waals surface area contributed by atoms with Crippen LogP contribution in [0.3, 0.4) is 0 Å². The van der Waals surface area contributed by atoms with Crippen LogP contribution in [-0.4, -0.2) is 30.7 Å². The summed E-state index contributed by atoms with van der Waals surface area (Å²) in [6.07, 6.45) is 5.44. The van der Waals surface area contributed by atoms with Crippen LogP contribution in [0.1, 0.15) is 19.4 Å². The summed E-state index contributed by atoms with van der Waals surface area (Å²) in [6, 6.07) is 7.61. The second-order valence-electron chi connectivity index (χ2n) is 4.31. The van der Waals surface area contributed by atoms with E-state index in [1.54, 1.807) is 0 Å². The second-order valence-corrected chi connectivity index (χ2v) is 4.74. The molecule has 0 atom stereocenters. The molecule has 0 aliphatic rings. The first-order valence-electron chi connectivity index (χ1n) is 6.19. The van der Waals surface area contributed by atoms with Crippen LogP contribution in [0.2, 0.25) is 5.02 Å². The highest BCUT2D eigenvalue weighted by Crippen LogP contribution is 2.09. The van der Waals surface area contributed by atoms with Crippen molar-refractivity contribution in [2.24, 2.45) is 0 Å². The number of benzene rings is 1. The normalized spacial score (nSPS) is 9.79. The van der Waals surface area contributed by atoms with Crippen LogP contribution in [0.15, 0.2) is 24.3 Å². The minimum absolute atomic E-state index is 0. The number of quaternary nitrogens is 1. The molecular weight excluding hydrogens is 322 g/mol. The molecule has 0 N–H and O–H groups in total. The van der Waals surface area contributed by atoms with E-state index in [2.05, 4.69) is 31.6 Å². The van der Waals surface area contributed by atoms with Crippen molar-refractivity contribution in [3.8, 4) is 24.2 Å². The van der Waals surface area contributed by atoms with Crippen molar-refractivity contribution in [2.75, 3.05) is 26.2 Å². The molecule has 0 fully saturated rings. The van der Waals surface area contributed by atoms with Crippen molar-refractivity contribution in [3.05, 3.63) is 34.9 Å². The van der Waals surface area contributed by atoms with Gasteiger partial charge in [-0.25, -0.2) is 0 Å². The smallest absolute Gasteiger partial charge is 0.142 e. The molecule has 19 heavy (non-hydrogen) atoms. The molecule has 0 saturated heterocycles. The Hall–Kier alpha value is -0.930. The topological polar surface area (TPSA) is 0 Å². The fourth-order valence-electron chi connectivity index (χ4n) is 1.80. The van der Waals surface area contributed by atoms with Crippen LogP contribution in [0, 0.1) is 24.2 Å². The summed E-state index contributed by atoms with van der Waals surface area (Å²) < 4.78 is 0.851. The molecule has 0 radical (unpaired) electrons. The number of halogens is 2. The van der Waals surface area contributed by atoms with E-state index >= 15 is 0 Å². The van der Waals surface area contributed by atoms with Gasteiger partial charge in [0.25, 0.3) is 0 Å². The molecule has 1 rings (SSSR count). The van der Waals surface area contributed by atoms with E-state index in [-0.39, 0.29) is 17.0 Å². The van der Waals surface area contributed by atoms with Crippen molar-refractivity contribution < 1.29 is 21.5 Å². The molecule has 1 aromatic carbocycles. The number of terminal acetylenes is 1. The van der Waals surface area contributed by atoms with E-state index in [0.29, 0.717) is 0 Å². The predicted molar refractivity (Wildman–Crippen MR) is 78.2 cm³/mol. The monoisotopic (exact) mass is 339 g/mol. The Kier molecular flexibility index (Phi) is 8.61. The van der Waals surface area contributed by atoms with Gasteiger partial charge in [0, 0.05) is 10.6 Å². The highest BCUT2D eigenvalue weighted by Gasteiger charge is 2.19. The maximum absolute atomic E-state index is 5.92. The Bertz CT molecular complexity index is 489. The number of hydrogen-bond donors (Lipinski definition) is 0. The lowest BCUT2D eigenvalue weighted by atomic mass is 10.2. The van der Waals surface area contributed by atoms with E-state index in [9.17, 15) is 0 Å². The van der Waals surface area contributed by atoms with Gasteiger partial charge in [0.05, 0.1) is 13.1 Å². The van der Waals surface area contributed by atoms with Crippen LogP contribution in [0.4, 0.5) is 0 Å². The maximum Gasteiger partial charge on any atom is 0.142 e. The number of nitrogens with zero attached hydrogens (tertiary/aromatic N) is 1. The average Bonchev–Trinajstić information content (AvgIpc) is 2.38. The lowest BCUT2D eigenvalue weighted by Gasteiger charge is -2.32. The Morgan fingerprint density at radius 1 is 1.21 bits per heavy atom. The molecule has 0 bridgehead atoms. The van der Waals surface area contributed by atoms with Gasteiger partial charge in [0.2, 0.25) is 0 Å². The average molecular weight is 341 g/mol.